The zero-order valence-electron chi connectivity index (χ0n) is 45.8. The van der Waals surface area contributed by atoms with E-state index in [9.17, 15) is 19.8 Å². The summed E-state index contributed by atoms with van der Waals surface area (Å²) >= 11 is 6.33. The Balaban J connectivity index is 0.781. The van der Waals surface area contributed by atoms with Crippen molar-refractivity contribution in [1.29, 1.82) is 0 Å². The van der Waals surface area contributed by atoms with Crippen molar-refractivity contribution in [3.8, 4) is 45.3 Å². The number of hydrogen-bond donors (Lipinski definition) is 5. The van der Waals surface area contributed by atoms with Gasteiger partial charge in [0.1, 0.15) is 52.8 Å². The summed E-state index contributed by atoms with van der Waals surface area (Å²) in [5.41, 5.74) is 8.52. The van der Waals surface area contributed by atoms with Crippen molar-refractivity contribution in [2.75, 3.05) is 44.4 Å². The molecule has 82 heavy (non-hydrogen) atoms. The summed E-state index contributed by atoms with van der Waals surface area (Å²) in [7, 11) is 0. The second kappa shape index (κ2) is 22.3. The lowest BCUT2D eigenvalue weighted by molar-refractivity contribution is -0.142. The summed E-state index contributed by atoms with van der Waals surface area (Å²) in [6.07, 6.45) is 8.46. The van der Waals surface area contributed by atoms with E-state index in [1.165, 1.54) is 15.6 Å². The van der Waals surface area contributed by atoms with Crippen molar-refractivity contribution >= 4 is 51.0 Å². The Hall–Kier alpha value is -7.62. The van der Waals surface area contributed by atoms with Crippen LogP contribution in [0.3, 0.4) is 0 Å². The van der Waals surface area contributed by atoms with Crippen molar-refractivity contribution in [3.05, 3.63) is 125 Å². The molecule has 4 aromatic heterocycles. The number of aliphatic hydroxyl groups excluding tert-OH is 2. The number of aromatic amines is 1. The summed E-state index contributed by atoms with van der Waals surface area (Å²) < 4.78 is 37.2. The number of likely N-dealkylation sites (tertiary alicyclic amines) is 1. The van der Waals surface area contributed by atoms with Crippen molar-refractivity contribution in [3.63, 3.8) is 0 Å². The van der Waals surface area contributed by atoms with Gasteiger partial charge >= 0.3 is 6.01 Å². The summed E-state index contributed by atoms with van der Waals surface area (Å²) in [5.74, 6) is 0.0186. The molecule has 4 aliphatic heterocycles. The number of hydrogen-bond acceptors (Lipinski definition) is 15. The van der Waals surface area contributed by atoms with Crippen LogP contribution in [-0.4, -0.2) is 137 Å². The zero-order chi connectivity index (χ0) is 56.3. The number of benzene rings is 4. The molecule has 2 amide bonds. The predicted octanol–water partition coefficient (Wildman–Crippen LogP) is 8.17. The highest BCUT2D eigenvalue weighted by molar-refractivity contribution is 6.32. The third-order valence-corrected chi connectivity index (χ3v) is 17.3. The van der Waals surface area contributed by atoms with Crippen molar-refractivity contribution in [1.82, 2.24) is 55.7 Å². The van der Waals surface area contributed by atoms with Gasteiger partial charge in [-0.15, -0.1) is 5.10 Å². The molecule has 4 aromatic carbocycles. The number of carbonyl (C=O) groups excluding carboxylic acids is 2. The molecule has 21 heteroatoms. The number of fused-ring (bicyclic) bond motifs is 4. The number of ether oxygens (including phenoxy) is 3. The molecule has 1 aliphatic carbocycles. The topological polar surface area (TPSA) is 231 Å². The van der Waals surface area contributed by atoms with Gasteiger partial charge in [-0.05, 0) is 90.1 Å². The van der Waals surface area contributed by atoms with E-state index in [2.05, 4.69) is 47.1 Å². The number of aliphatic hydroxyl groups is 2. The third-order valence-electron chi connectivity index (χ3n) is 17.0. The fraction of sp³-hybridized carbons (Fsp3) is 0.410. The number of pyridine rings is 1. The molecule has 1 saturated carbocycles. The maximum atomic E-state index is 16.2. The quantitative estimate of drug-likeness (QED) is 0.0542. The van der Waals surface area contributed by atoms with Gasteiger partial charge in [0.25, 0.3) is 0 Å². The first kappa shape index (κ1) is 53.7. The Labute approximate surface area is 477 Å². The molecule has 6 atom stereocenters. The van der Waals surface area contributed by atoms with Crippen LogP contribution in [-0.2, 0) is 20.9 Å². The first-order valence-electron chi connectivity index (χ1n) is 28.4. The van der Waals surface area contributed by atoms with Gasteiger partial charge in [0.15, 0.2) is 5.75 Å². The normalized spacial score (nSPS) is 20.8. The van der Waals surface area contributed by atoms with Crippen LogP contribution < -0.4 is 25.0 Å². The lowest BCUT2D eigenvalue weighted by atomic mass is 9.88. The molecule has 2 bridgehead atoms. The minimum absolute atomic E-state index is 0.0258. The fourth-order valence-corrected chi connectivity index (χ4v) is 12.7. The lowest BCUT2D eigenvalue weighted by Gasteiger charge is -2.31. The van der Waals surface area contributed by atoms with E-state index in [0.717, 1.165) is 95.2 Å². The van der Waals surface area contributed by atoms with Crippen LogP contribution in [0.15, 0.2) is 91.4 Å². The highest BCUT2D eigenvalue weighted by Gasteiger charge is 2.44. The van der Waals surface area contributed by atoms with Crippen molar-refractivity contribution < 1.29 is 38.4 Å². The Morgan fingerprint density at radius 3 is 2.48 bits per heavy atom. The van der Waals surface area contributed by atoms with Gasteiger partial charge in [-0.1, -0.05) is 79.2 Å². The molecular formula is C61H64ClFN12O7. The number of β-amino-alcohol motifs (C(OH)–C–C–N with tert-alkyl or cyclic N) is 1. The Morgan fingerprint density at radius 1 is 0.963 bits per heavy atom. The van der Waals surface area contributed by atoms with Gasteiger partial charge in [-0.25, -0.2) is 14.1 Å². The Bertz CT molecular complexity index is 3700. The number of piperazine rings is 1. The van der Waals surface area contributed by atoms with E-state index in [1.54, 1.807) is 43.7 Å². The number of nitrogens with zero attached hydrogens (tertiary/aromatic N) is 9. The van der Waals surface area contributed by atoms with E-state index >= 15 is 4.39 Å². The van der Waals surface area contributed by atoms with E-state index in [0.29, 0.717) is 63.6 Å². The first-order chi connectivity index (χ1) is 39.9. The van der Waals surface area contributed by atoms with Crippen LogP contribution in [0.4, 0.5) is 10.2 Å². The van der Waals surface area contributed by atoms with Crippen LogP contribution in [0.2, 0.25) is 5.15 Å². The van der Waals surface area contributed by atoms with Crippen molar-refractivity contribution in [2.24, 2.45) is 5.92 Å². The largest absolute Gasteiger partial charge is 0.486 e. The molecule has 8 aromatic rings. The number of rotatable bonds is 17. The minimum Gasteiger partial charge on any atom is -0.486 e. The van der Waals surface area contributed by atoms with E-state index in [1.807, 2.05) is 56.3 Å². The Kier molecular flexibility index (Phi) is 14.6. The minimum atomic E-state index is -1.00. The SMILES string of the molecule is Cc1c(F)cc2[nH]ncc2c1-c1c(C2CC2)cc2c(N3C[C@@H]4C[C@H]3CN4)nc(OC3CCOCC3)nc2c1OCc1ccc(-c2cn([C@H](C(=O)N3C[C@H](O)C[C@H]3C(=O)N[C@@H](CO)c3ccc(-c4cccnc4Cl)cc3)C(C)C)nn2)cc1. The van der Waals surface area contributed by atoms with Crippen LogP contribution in [0.5, 0.6) is 11.8 Å². The molecule has 5 aliphatic rings. The highest BCUT2D eigenvalue weighted by atomic mass is 35.5. The molecule has 0 radical (unpaired) electrons. The second-order valence-corrected chi connectivity index (χ2v) is 23.2. The summed E-state index contributed by atoms with van der Waals surface area (Å²) in [4.78, 5) is 47.1. The average molecular weight is 1130 g/mol. The second-order valence-electron chi connectivity index (χ2n) is 22.8. The van der Waals surface area contributed by atoms with E-state index in [-0.39, 0.29) is 55.4 Å². The number of anilines is 1. The third kappa shape index (κ3) is 10.3. The molecule has 0 spiro atoms. The van der Waals surface area contributed by atoms with Gasteiger partial charge in [-0.2, -0.15) is 15.1 Å². The maximum Gasteiger partial charge on any atom is 0.319 e. The van der Waals surface area contributed by atoms with Gasteiger partial charge in [-0.3, -0.25) is 14.7 Å². The monoisotopic (exact) mass is 1130 g/mol. The summed E-state index contributed by atoms with van der Waals surface area (Å²) in [6.45, 7) is 8.12. The number of nitrogens with one attached hydrogen (secondary N) is 3. The molecule has 5 N–H and O–H groups in total. The average Bonchev–Trinajstić information content (AvgIpc) is 3.31. The fourth-order valence-electron chi connectivity index (χ4n) is 12.5. The van der Waals surface area contributed by atoms with Gasteiger partial charge in [0.2, 0.25) is 11.8 Å². The number of aromatic nitrogens is 8. The highest BCUT2D eigenvalue weighted by Crippen LogP contribution is 2.54. The molecule has 4 saturated heterocycles. The first-order valence-corrected chi connectivity index (χ1v) is 28.7. The number of H-pyrrole nitrogens is 1. The van der Waals surface area contributed by atoms with Gasteiger partial charge in [0, 0.05) is 90.2 Å². The molecule has 13 rings (SSSR count). The summed E-state index contributed by atoms with van der Waals surface area (Å²) in [6, 6.07) is 20.7. The van der Waals surface area contributed by atoms with E-state index < -0.39 is 42.7 Å². The number of carbonyl (C=O) groups is 2. The van der Waals surface area contributed by atoms with Crippen molar-refractivity contribution in [2.45, 2.75) is 114 Å². The molecule has 19 nitrogen and oxygen atoms in total. The molecule has 8 heterocycles. The molecule has 424 valence electrons. The standard InChI is InChI=1S/C61H64ClFN12O7/c1-32(2)55(60(79)74-28-41(77)22-51(74)59(78)67-50(30-76)38-14-12-35(13-15-38)43-5-4-18-64-57(43)62)75-29-49(71-72-75)37-8-6-34(7-9-37)31-81-56-53(52-33(3)47(63)24-48-46(52)26-66-70-48)44(36-10-11-36)23-45-54(56)68-61(82-42-16-19-80-20-17-42)69-58(45)73-27-39-21-40(73)25-65-39/h4-9,12-15,18,23-24,26,29,32,36,39-42,50-51,55,65,76-77H,10-11,16-17,19-22,25,27-28,30-31H2,1-3H3,(H,66,70)(H,67,78)/t39-,40-,41+,50-,51-,55-/m0/s1. The Morgan fingerprint density at radius 2 is 1.76 bits per heavy atom. The molecule has 5 fully saturated rings. The van der Waals surface area contributed by atoms with Crippen LogP contribution in [0, 0.1) is 18.7 Å². The zero-order valence-corrected chi connectivity index (χ0v) is 46.5. The van der Waals surface area contributed by atoms with Gasteiger partial charge in [0.05, 0.1) is 49.9 Å². The molecular weight excluding hydrogens is 1070 g/mol. The smallest absolute Gasteiger partial charge is 0.319 e. The van der Waals surface area contributed by atoms with Crippen LogP contribution >= 0.6 is 11.6 Å². The summed E-state index contributed by atoms with van der Waals surface area (Å²) in [5, 5.41) is 46.3. The lowest BCUT2D eigenvalue weighted by Crippen LogP contribution is -2.50. The predicted molar refractivity (Wildman–Crippen MR) is 306 cm³/mol. The van der Waals surface area contributed by atoms with Crippen LogP contribution in [0.25, 0.3) is 55.3 Å². The maximum absolute atomic E-state index is 16.2. The van der Waals surface area contributed by atoms with E-state index in [4.69, 9.17) is 35.8 Å². The van der Waals surface area contributed by atoms with Crippen LogP contribution in [0.1, 0.15) is 92.6 Å². The van der Waals surface area contributed by atoms with Gasteiger partial charge < -0.3 is 44.9 Å². The molecule has 0 unspecified atom stereocenters. The number of halogens is 2. The number of amides is 2.